The van der Waals surface area contributed by atoms with Crippen molar-refractivity contribution in [3.8, 4) is 0 Å². The lowest BCUT2D eigenvalue weighted by Gasteiger charge is -2.01. The van der Waals surface area contributed by atoms with E-state index in [-0.39, 0.29) is 5.56 Å². The number of fused-ring (bicyclic) bond motifs is 1. The molecule has 4 heteroatoms. The highest BCUT2D eigenvalue weighted by Gasteiger charge is 2.14. The minimum absolute atomic E-state index is 0.0237. The molecule has 0 saturated carbocycles. The predicted molar refractivity (Wildman–Crippen MR) is 64.1 cm³/mol. The van der Waals surface area contributed by atoms with E-state index in [1.165, 1.54) is 0 Å². The molecule has 0 atom stereocenters. The fraction of sp³-hybridized carbons (Fsp3) is 0.333. The van der Waals surface area contributed by atoms with Crippen molar-refractivity contribution in [2.24, 2.45) is 0 Å². The number of nitrogens with one attached hydrogen (secondary N) is 1. The number of nitrogens with zero attached hydrogens (tertiary/aromatic N) is 1. The first-order valence-corrected chi connectivity index (χ1v) is 5.76. The van der Waals surface area contributed by atoms with Crippen LogP contribution < -0.4 is 10.5 Å². The van der Waals surface area contributed by atoms with Gasteiger partial charge in [-0.1, -0.05) is 0 Å². The quantitative estimate of drug-likeness (QED) is 0.730. The molecular weight excluding hydrogens is 224 g/mol. The van der Waals surface area contributed by atoms with E-state index < -0.39 is 0 Å². The van der Waals surface area contributed by atoms with Crippen molar-refractivity contribution in [1.82, 2.24) is 4.40 Å². The van der Waals surface area contributed by atoms with Gasteiger partial charge >= 0.3 is 5.56 Å². The molecule has 0 aliphatic carbocycles. The van der Waals surface area contributed by atoms with Crippen molar-refractivity contribution in [1.29, 1.82) is 0 Å². The molecule has 0 saturated heterocycles. The van der Waals surface area contributed by atoms with E-state index in [1.54, 1.807) is 4.40 Å². The summed E-state index contributed by atoms with van der Waals surface area (Å²) >= 11 is 5.70. The maximum Gasteiger partial charge on any atom is 0.345 e. The van der Waals surface area contributed by atoms with E-state index >= 15 is 0 Å². The fourth-order valence-corrected chi connectivity index (χ4v) is 2.03. The standard InChI is InChI=1S/C12H13ClN2O/c1-8-3-4-11-14-9(2)10(5-6-13)12(16)15(11)7-8/h3-4,7H,5-6H2,1-2H3/p+1. The average molecular weight is 238 g/mol. The molecule has 2 heterocycles. The number of aromatic amines is 1. The van der Waals surface area contributed by atoms with Crippen molar-refractivity contribution in [3.05, 3.63) is 45.5 Å². The Bertz CT molecular complexity index is 589. The molecule has 1 N–H and O–H groups in total. The number of halogens is 1. The van der Waals surface area contributed by atoms with Crippen LogP contribution >= 0.6 is 11.6 Å². The third-order valence-corrected chi connectivity index (χ3v) is 2.88. The molecule has 0 aliphatic rings. The van der Waals surface area contributed by atoms with Crippen LogP contribution in [-0.4, -0.2) is 10.3 Å². The molecule has 2 aromatic heterocycles. The first kappa shape index (κ1) is 11.1. The van der Waals surface area contributed by atoms with Gasteiger partial charge in [-0.25, -0.2) is 9.78 Å². The largest absolute Gasteiger partial charge is 0.345 e. The Kier molecular flexibility index (Phi) is 2.97. The summed E-state index contributed by atoms with van der Waals surface area (Å²) in [4.78, 5) is 15.4. The number of H-pyrrole nitrogens is 1. The number of rotatable bonds is 2. The van der Waals surface area contributed by atoms with Crippen LogP contribution in [0.3, 0.4) is 0 Å². The maximum atomic E-state index is 12.2. The van der Waals surface area contributed by atoms with Crippen molar-refractivity contribution in [2.45, 2.75) is 20.3 Å². The average Bonchev–Trinajstić information content (AvgIpc) is 2.26. The monoisotopic (exact) mass is 237 g/mol. The Morgan fingerprint density at radius 3 is 2.81 bits per heavy atom. The molecule has 0 unspecified atom stereocenters. The maximum absolute atomic E-state index is 12.2. The zero-order valence-corrected chi connectivity index (χ0v) is 10.1. The predicted octanol–water partition coefficient (Wildman–Crippen LogP) is 1.51. The summed E-state index contributed by atoms with van der Waals surface area (Å²) in [5.41, 5.74) is 3.55. The van der Waals surface area contributed by atoms with E-state index in [2.05, 4.69) is 4.98 Å². The molecular formula is C12H14ClN2O+. The molecule has 2 aromatic rings. The van der Waals surface area contributed by atoms with E-state index in [1.807, 2.05) is 32.2 Å². The van der Waals surface area contributed by atoms with Crippen LogP contribution in [0.4, 0.5) is 0 Å². The second-order valence-electron chi connectivity index (χ2n) is 3.93. The molecule has 0 bridgehead atoms. The molecule has 0 aromatic carbocycles. The van der Waals surface area contributed by atoms with Gasteiger partial charge in [-0.3, -0.25) is 0 Å². The van der Waals surface area contributed by atoms with Gasteiger partial charge in [0.2, 0.25) is 0 Å². The molecule has 0 radical (unpaired) electrons. The van der Waals surface area contributed by atoms with Gasteiger partial charge in [0.15, 0.2) is 0 Å². The van der Waals surface area contributed by atoms with Gasteiger partial charge in [-0.15, -0.1) is 11.6 Å². The van der Waals surface area contributed by atoms with Gasteiger partial charge in [0.1, 0.15) is 11.9 Å². The van der Waals surface area contributed by atoms with E-state index in [9.17, 15) is 4.79 Å². The number of aryl methyl sites for hydroxylation is 2. The van der Waals surface area contributed by atoms with Crippen LogP contribution in [0.25, 0.3) is 5.65 Å². The first-order chi connectivity index (χ1) is 7.63. The van der Waals surface area contributed by atoms with Gasteiger partial charge in [-0.2, -0.15) is 4.40 Å². The van der Waals surface area contributed by atoms with Gasteiger partial charge in [0, 0.05) is 11.9 Å². The normalized spacial score (nSPS) is 10.9. The molecule has 2 rings (SSSR count). The molecule has 0 aliphatic heterocycles. The first-order valence-electron chi connectivity index (χ1n) is 5.23. The van der Waals surface area contributed by atoms with E-state index in [0.29, 0.717) is 12.3 Å². The van der Waals surface area contributed by atoms with Gasteiger partial charge < -0.3 is 0 Å². The van der Waals surface area contributed by atoms with Crippen molar-refractivity contribution < 1.29 is 4.98 Å². The van der Waals surface area contributed by atoms with Crippen LogP contribution in [-0.2, 0) is 6.42 Å². The third kappa shape index (κ3) is 1.83. The highest BCUT2D eigenvalue weighted by atomic mass is 35.5. The van der Waals surface area contributed by atoms with Gasteiger partial charge in [0.25, 0.3) is 5.65 Å². The van der Waals surface area contributed by atoms with Crippen LogP contribution in [0.5, 0.6) is 0 Å². The Balaban J connectivity index is 2.80. The summed E-state index contributed by atoms with van der Waals surface area (Å²) < 4.78 is 1.64. The summed E-state index contributed by atoms with van der Waals surface area (Å²) in [5.74, 6) is 0.460. The topological polar surface area (TPSA) is 35.6 Å². The Hall–Kier alpha value is -1.35. The summed E-state index contributed by atoms with van der Waals surface area (Å²) in [7, 11) is 0. The Morgan fingerprint density at radius 2 is 2.12 bits per heavy atom. The number of pyridine rings is 1. The highest BCUT2D eigenvalue weighted by Crippen LogP contribution is 2.03. The van der Waals surface area contributed by atoms with Gasteiger partial charge in [0.05, 0.1) is 5.56 Å². The van der Waals surface area contributed by atoms with Gasteiger partial charge in [-0.05, 0) is 31.9 Å². The zero-order valence-electron chi connectivity index (χ0n) is 9.38. The second-order valence-corrected chi connectivity index (χ2v) is 4.31. The van der Waals surface area contributed by atoms with E-state index in [0.717, 1.165) is 22.5 Å². The number of hydrogen-bond acceptors (Lipinski definition) is 1. The minimum atomic E-state index is 0.0237. The van der Waals surface area contributed by atoms with Crippen LogP contribution in [0, 0.1) is 13.8 Å². The molecule has 0 amide bonds. The van der Waals surface area contributed by atoms with Crippen LogP contribution in [0.2, 0.25) is 0 Å². The minimum Gasteiger partial charge on any atom is -0.244 e. The summed E-state index contributed by atoms with van der Waals surface area (Å²) in [6, 6.07) is 3.89. The van der Waals surface area contributed by atoms with Crippen molar-refractivity contribution in [3.63, 3.8) is 0 Å². The third-order valence-electron chi connectivity index (χ3n) is 2.69. The van der Waals surface area contributed by atoms with Crippen molar-refractivity contribution in [2.75, 3.05) is 5.88 Å². The molecule has 0 spiro atoms. The molecule has 0 fully saturated rings. The Labute approximate surface area is 98.7 Å². The highest BCUT2D eigenvalue weighted by molar-refractivity contribution is 6.17. The molecule has 3 nitrogen and oxygen atoms in total. The summed E-state index contributed by atoms with van der Waals surface area (Å²) in [6.07, 6.45) is 2.44. The smallest absolute Gasteiger partial charge is 0.244 e. The number of alkyl halides is 1. The van der Waals surface area contributed by atoms with Crippen LogP contribution in [0.1, 0.15) is 16.8 Å². The lowest BCUT2D eigenvalue weighted by Crippen LogP contribution is -2.29. The summed E-state index contributed by atoms with van der Waals surface area (Å²) in [6.45, 7) is 3.87. The lowest BCUT2D eigenvalue weighted by atomic mass is 10.2. The molecule has 84 valence electrons. The molecule has 16 heavy (non-hydrogen) atoms. The Morgan fingerprint density at radius 1 is 1.38 bits per heavy atom. The lowest BCUT2D eigenvalue weighted by molar-refractivity contribution is -0.361. The summed E-state index contributed by atoms with van der Waals surface area (Å²) in [5, 5.41) is 0. The van der Waals surface area contributed by atoms with E-state index in [4.69, 9.17) is 11.6 Å². The SMILES string of the molecule is Cc1ccc2[nH+]c(C)c(CCCl)c(=O)n2c1. The fourth-order valence-electron chi connectivity index (χ4n) is 1.84. The van der Waals surface area contributed by atoms with Crippen molar-refractivity contribution >= 4 is 17.2 Å². The number of hydrogen-bond donors (Lipinski definition) is 0. The van der Waals surface area contributed by atoms with Crippen LogP contribution in [0.15, 0.2) is 23.1 Å². The second kappa shape index (κ2) is 4.26. The zero-order chi connectivity index (χ0) is 11.7. The number of aromatic nitrogens is 2.